The number of benzene rings is 1. The van der Waals surface area contributed by atoms with E-state index >= 15 is 0 Å². The monoisotopic (exact) mass is 523 g/mol. The van der Waals surface area contributed by atoms with Crippen LogP contribution in [-0.4, -0.2) is 57.9 Å². The molecule has 28 heavy (non-hydrogen) atoms. The zero-order valence-electron chi connectivity index (χ0n) is 17.5. The van der Waals surface area contributed by atoms with Crippen molar-refractivity contribution in [3.63, 3.8) is 0 Å². The molecule has 1 aliphatic carbocycles. The summed E-state index contributed by atoms with van der Waals surface area (Å²) in [5, 5.41) is 7.70. The standard InChI is InChI=1S/C20H33N3O3S.HI/c1-6-21-20(23-14-7-8-16(11-14)27-5)22-10-9-17-18(25-3)12-15(24-2)13-19(17)26-4;/h12-14,16H,6-11H2,1-5H3,(H2,21,22,23);1H. The van der Waals surface area contributed by atoms with Crippen molar-refractivity contribution in [1.29, 1.82) is 0 Å². The molecule has 0 spiro atoms. The predicted molar refractivity (Wildman–Crippen MR) is 129 cm³/mol. The number of hydrogen-bond donors (Lipinski definition) is 2. The first kappa shape index (κ1) is 25.0. The van der Waals surface area contributed by atoms with Gasteiger partial charge in [-0.15, -0.1) is 24.0 Å². The van der Waals surface area contributed by atoms with E-state index in [1.165, 1.54) is 19.3 Å². The van der Waals surface area contributed by atoms with Crippen LogP contribution >= 0.6 is 35.7 Å². The highest BCUT2D eigenvalue weighted by Crippen LogP contribution is 2.34. The van der Waals surface area contributed by atoms with Gasteiger partial charge < -0.3 is 24.8 Å². The van der Waals surface area contributed by atoms with Gasteiger partial charge in [0.1, 0.15) is 17.2 Å². The van der Waals surface area contributed by atoms with Gasteiger partial charge in [0.05, 0.1) is 21.3 Å². The van der Waals surface area contributed by atoms with Crippen molar-refractivity contribution >= 4 is 41.7 Å². The van der Waals surface area contributed by atoms with E-state index < -0.39 is 0 Å². The molecule has 2 atom stereocenters. The van der Waals surface area contributed by atoms with Crippen molar-refractivity contribution < 1.29 is 14.2 Å². The van der Waals surface area contributed by atoms with Crippen LogP contribution in [0.15, 0.2) is 17.1 Å². The van der Waals surface area contributed by atoms with Crippen molar-refractivity contribution in [2.45, 2.75) is 43.9 Å². The molecule has 2 unspecified atom stereocenters. The normalized spacial score (nSPS) is 19.0. The number of ether oxygens (including phenoxy) is 3. The summed E-state index contributed by atoms with van der Waals surface area (Å²) in [6.07, 6.45) is 6.60. The summed E-state index contributed by atoms with van der Waals surface area (Å²) in [7, 11) is 4.96. The van der Waals surface area contributed by atoms with Crippen LogP contribution in [-0.2, 0) is 6.42 Å². The minimum absolute atomic E-state index is 0. The fraction of sp³-hybridized carbons (Fsp3) is 0.650. The van der Waals surface area contributed by atoms with Crippen LogP contribution in [0.4, 0.5) is 0 Å². The van der Waals surface area contributed by atoms with E-state index in [-0.39, 0.29) is 24.0 Å². The van der Waals surface area contributed by atoms with Crippen LogP contribution in [0.25, 0.3) is 0 Å². The van der Waals surface area contributed by atoms with Crippen LogP contribution < -0.4 is 24.8 Å². The Bertz CT molecular complexity index is 606. The van der Waals surface area contributed by atoms with E-state index in [0.29, 0.717) is 12.6 Å². The largest absolute Gasteiger partial charge is 0.496 e. The van der Waals surface area contributed by atoms with E-state index in [1.54, 1.807) is 21.3 Å². The summed E-state index contributed by atoms with van der Waals surface area (Å²) in [5.41, 5.74) is 1.00. The molecule has 0 amide bonds. The molecule has 0 aromatic heterocycles. The molecule has 0 radical (unpaired) electrons. The molecular weight excluding hydrogens is 489 g/mol. The van der Waals surface area contributed by atoms with Gasteiger partial charge in [0, 0.05) is 42.1 Å². The first-order valence-corrected chi connectivity index (χ1v) is 10.8. The van der Waals surface area contributed by atoms with Crippen molar-refractivity contribution in [2.24, 2.45) is 4.99 Å². The maximum Gasteiger partial charge on any atom is 0.191 e. The topological polar surface area (TPSA) is 64.1 Å². The van der Waals surface area contributed by atoms with Crippen molar-refractivity contribution in [3.05, 3.63) is 17.7 Å². The molecule has 1 fully saturated rings. The Hall–Kier alpha value is -1.03. The van der Waals surface area contributed by atoms with Crippen LogP contribution in [0.1, 0.15) is 31.7 Å². The molecule has 8 heteroatoms. The second kappa shape index (κ2) is 13.2. The summed E-state index contributed by atoms with van der Waals surface area (Å²) >= 11 is 1.96. The first-order chi connectivity index (χ1) is 13.1. The highest BCUT2D eigenvalue weighted by Gasteiger charge is 2.24. The van der Waals surface area contributed by atoms with E-state index in [0.717, 1.165) is 47.0 Å². The minimum Gasteiger partial charge on any atom is -0.496 e. The molecule has 2 N–H and O–H groups in total. The Morgan fingerprint density at radius 2 is 1.82 bits per heavy atom. The number of halogens is 1. The smallest absolute Gasteiger partial charge is 0.191 e. The Morgan fingerprint density at radius 3 is 2.32 bits per heavy atom. The Kier molecular flexibility index (Phi) is 11.8. The molecule has 160 valence electrons. The number of aliphatic imine (C=N–C) groups is 1. The number of nitrogens with one attached hydrogen (secondary N) is 2. The van der Waals surface area contributed by atoms with Crippen LogP contribution in [0.2, 0.25) is 0 Å². The fourth-order valence-electron chi connectivity index (χ4n) is 3.40. The van der Waals surface area contributed by atoms with Crippen LogP contribution in [0.5, 0.6) is 17.2 Å². The first-order valence-electron chi connectivity index (χ1n) is 9.51. The third kappa shape index (κ3) is 7.09. The summed E-state index contributed by atoms with van der Waals surface area (Å²) < 4.78 is 16.4. The molecule has 0 bridgehead atoms. The number of rotatable bonds is 9. The molecule has 1 saturated carbocycles. The lowest BCUT2D eigenvalue weighted by molar-refractivity contribution is 0.369. The summed E-state index contributed by atoms with van der Waals surface area (Å²) in [6.45, 7) is 3.58. The van der Waals surface area contributed by atoms with Gasteiger partial charge >= 0.3 is 0 Å². The zero-order valence-corrected chi connectivity index (χ0v) is 20.7. The lowest BCUT2D eigenvalue weighted by Crippen LogP contribution is -2.42. The number of methoxy groups -OCH3 is 3. The molecule has 0 saturated heterocycles. The number of nitrogens with zero attached hydrogens (tertiary/aromatic N) is 1. The summed E-state index contributed by atoms with van der Waals surface area (Å²) in [4.78, 5) is 4.76. The minimum atomic E-state index is 0. The lowest BCUT2D eigenvalue weighted by Gasteiger charge is -2.18. The maximum absolute atomic E-state index is 5.53. The highest BCUT2D eigenvalue weighted by atomic mass is 127. The second-order valence-electron chi connectivity index (χ2n) is 6.53. The second-order valence-corrected chi connectivity index (χ2v) is 7.67. The molecule has 2 rings (SSSR count). The van der Waals surface area contributed by atoms with E-state index in [2.05, 4.69) is 23.8 Å². The Labute approximate surface area is 190 Å². The van der Waals surface area contributed by atoms with Crippen molar-refractivity contribution in [2.75, 3.05) is 40.7 Å². The molecule has 6 nitrogen and oxygen atoms in total. The van der Waals surface area contributed by atoms with Gasteiger partial charge in [0.2, 0.25) is 0 Å². The van der Waals surface area contributed by atoms with Gasteiger partial charge in [-0.1, -0.05) is 0 Å². The summed E-state index contributed by atoms with van der Waals surface area (Å²) in [5.74, 6) is 3.13. The maximum atomic E-state index is 5.53. The quantitative estimate of drug-likeness (QED) is 0.293. The van der Waals surface area contributed by atoms with E-state index in [1.807, 2.05) is 23.9 Å². The predicted octanol–water partition coefficient (Wildman–Crippen LogP) is 3.71. The van der Waals surface area contributed by atoms with Gasteiger partial charge in [-0.2, -0.15) is 11.8 Å². The number of hydrogen-bond acceptors (Lipinski definition) is 5. The van der Waals surface area contributed by atoms with Gasteiger partial charge in [0.25, 0.3) is 0 Å². The molecule has 1 aliphatic rings. The van der Waals surface area contributed by atoms with Gasteiger partial charge in [-0.05, 0) is 38.9 Å². The SMILES string of the molecule is CCNC(=NCCc1c(OC)cc(OC)cc1OC)NC1CCC(SC)C1.I. The van der Waals surface area contributed by atoms with E-state index in [4.69, 9.17) is 19.2 Å². The van der Waals surface area contributed by atoms with Crippen molar-refractivity contribution in [3.8, 4) is 17.2 Å². The summed E-state index contributed by atoms with van der Waals surface area (Å²) in [6, 6.07) is 4.27. The van der Waals surface area contributed by atoms with Gasteiger partial charge in [-0.25, -0.2) is 0 Å². The molecule has 0 aliphatic heterocycles. The van der Waals surface area contributed by atoms with Crippen LogP contribution in [0.3, 0.4) is 0 Å². The average molecular weight is 523 g/mol. The molecular formula is C20H34IN3O3S. The van der Waals surface area contributed by atoms with Crippen LogP contribution in [0, 0.1) is 0 Å². The zero-order chi connectivity index (χ0) is 19.6. The van der Waals surface area contributed by atoms with E-state index in [9.17, 15) is 0 Å². The molecule has 0 heterocycles. The lowest BCUT2D eigenvalue weighted by atomic mass is 10.1. The third-order valence-corrected chi connectivity index (χ3v) is 5.95. The molecule has 1 aromatic carbocycles. The number of guanidine groups is 1. The van der Waals surface area contributed by atoms with Gasteiger partial charge in [-0.3, -0.25) is 4.99 Å². The average Bonchev–Trinajstić information content (AvgIpc) is 3.15. The van der Waals surface area contributed by atoms with Crippen molar-refractivity contribution in [1.82, 2.24) is 10.6 Å². The number of thioether (sulfide) groups is 1. The Morgan fingerprint density at radius 1 is 1.14 bits per heavy atom. The molecule has 1 aromatic rings. The fourth-order valence-corrected chi connectivity index (χ4v) is 4.20. The Balaban J connectivity index is 0.00000392. The highest BCUT2D eigenvalue weighted by molar-refractivity contribution is 14.0. The van der Waals surface area contributed by atoms with Gasteiger partial charge in [0.15, 0.2) is 5.96 Å². The third-order valence-electron chi connectivity index (χ3n) is 4.85.